The number of aryl methyl sites for hydroxylation is 1. The van der Waals surface area contributed by atoms with Crippen LogP contribution in [0.1, 0.15) is 93.8 Å². The first-order chi connectivity index (χ1) is 17.9. The van der Waals surface area contributed by atoms with Crippen LogP contribution < -0.4 is 5.73 Å². The lowest BCUT2D eigenvalue weighted by Gasteiger charge is -2.36. The molecule has 216 valence electrons. The number of hydrogen-bond donors (Lipinski definition) is 1. The van der Waals surface area contributed by atoms with Gasteiger partial charge in [-0.15, -0.1) is 0 Å². The highest BCUT2D eigenvalue weighted by Crippen LogP contribution is 2.39. The van der Waals surface area contributed by atoms with Crippen LogP contribution in [0.25, 0.3) is 0 Å². The number of ether oxygens (including phenoxy) is 2. The van der Waals surface area contributed by atoms with Crippen molar-refractivity contribution < 1.29 is 37.4 Å². The van der Waals surface area contributed by atoms with Crippen molar-refractivity contribution >= 4 is 23.9 Å². The molecule has 9 nitrogen and oxygen atoms in total. The lowest BCUT2D eigenvalue weighted by Crippen LogP contribution is -2.46. The fraction of sp³-hybridized carbons (Fsp3) is 0.643. The Bertz CT molecular complexity index is 1160. The molecule has 3 rings (SSSR count). The van der Waals surface area contributed by atoms with Crippen LogP contribution in [0.4, 0.5) is 13.6 Å². The minimum Gasteiger partial charge on any atom is -0.460 e. The second-order valence-electron chi connectivity index (χ2n) is 12.3. The van der Waals surface area contributed by atoms with Crippen LogP contribution in [-0.2, 0) is 25.6 Å². The number of primary amides is 1. The number of alkyl halides is 1. The summed E-state index contributed by atoms with van der Waals surface area (Å²) < 4.78 is 41.8. The molecule has 0 aliphatic carbocycles. The summed E-state index contributed by atoms with van der Waals surface area (Å²) in [5, 5.41) is 0. The Hall–Kier alpha value is -3.24. The molecule has 1 aromatic rings. The second kappa shape index (κ2) is 11.1. The minimum absolute atomic E-state index is 0.0697. The van der Waals surface area contributed by atoms with Gasteiger partial charge in [-0.1, -0.05) is 6.07 Å². The molecule has 0 bridgehead atoms. The summed E-state index contributed by atoms with van der Waals surface area (Å²) in [6.45, 7) is 11.6. The van der Waals surface area contributed by atoms with Gasteiger partial charge in [0, 0.05) is 24.4 Å². The van der Waals surface area contributed by atoms with Crippen molar-refractivity contribution in [2.45, 2.75) is 104 Å². The number of halogens is 2. The van der Waals surface area contributed by atoms with Gasteiger partial charge in [-0.25, -0.2) is 13.6 Å². The molecule has 11 heteroatoms. The first kappa shape index (κ1) is 30.3. The summed E-state index contributed by atoms with van der Waals surface area (Å²) in [6.07, 6.45) is -2.23. The van der Waals surface area contributed by atoms with Crippen molar-refractivity contribution in [2.75, 3.05) is 13.1 Å². The minimum atomic E-state index is -1.54. The third-order valence-corrected chi connectivity index (χ3v) is 6.73. The van der Waals surface area contributed by atoms with Crippen molar-refractivity contribution in [3.05, 3.63) is 34.1 Å². The highest BCUT2D eigenvalue weighted by atomic mass is 19.1. The highest BCUT2D eigenvalue weighted by molar-refractivity contribution is 6.02. The predicted molar refractivity (Wildman–Crippen MR) is 139 cm³/mol. The standard InChI is InChI=1S/C28H39F2N3O6/c1-15-12-17(16-10-11-32(14-19(16)29)26(37)39-28(5,6)7)23(30)18-13-33(25(36)22(15)18)20(24(31)35)8-9-21(34)38-27(2,3)4/h12,16,19-20H,8-11,13-14H2,1-7H3,(H2,31,35)/t16-,19-,20+/m1/s1. The molecule has 1 fully saturated rings. The van der Waals surface area contributed by atoms with E-state index in [1.165, 1.54) is 11.0 Å². The van der Waals surface area contributed by atoms with E-state index in [1.807, 2.05) is 0 Å². The summed E-state index contributed by atoms with van der Waals surface area (Å²) in [6, 6.07) is 0.321. The molecule has 2 heterocycles. The average Bonchev–Trinajstić information content (AvgIpc) is 3.11. The van der Waals surface area contributed by atoms with Crippen LogP contribution in [0, 0.1) is 12.7 Å². The Morgan fingerprint density at radius 3 is 2.28 bits per heavy atom. The van der Waals surface area contributed by atoms with Crippen molar-refractivity contribution in [1.82, 2.24) is 9.80 Å². The lowest BCUT2D eigenvalue weighted by atomic mass is 9.84. The van der Waals surface area contributed by atoms with Crippen LogP contribution in [0.5, 0.6) is 0 Å². The van der Waals surface area contributed by atoms with E-state index in [9.17, 15) is 19.2 Å². The molecule has 3 atom stereocenters. The smallest absolute Gasteiger partial charge is 0.410 e. The average molecular weight is 552 g/mol. The van der Waals surface area contributed by atoms with E-state index in [-0.39, 0.29) is 55.6 Å². The summed E-state index contributed by atoms with van der Waals surface area (Å²) in [5.74, 6) is -3.47. The van der Waals surface area contributed by atoms with Gasteiger partial charge < -0.3 is 25.0 Å². The summed E-state index contributed by atoms with van der Waals surface area (Å²) in [4.78, 5) is 52.6. The maximum Gasteiger partial charge on any atom is 0.410 e. The van der Waals surface area contributed by atoms with E-state index in [4.69, 9.17) is 15.2 Å². The van der Waals surface area contributed by atoms with Crippen LogP contribution in [0.3, 0.4) is 0 Å². The number of amides is 3. The van der Waals surface area contributed by atoms with Gasteiger partial charge >= 0.3 is 12.1 Å². The number of piperidine rings is 1. The van der Waals surface area contributed by atoms with Gasteiger partial charge in [0.15, 0.2) is 0 Å². The first-order valence-electron chi connectivity index (χ1n) is 13.2. The van der Waals surface area contributed by atoms with Crippen molar-refractivity contribution in [2.24, 2.45) is 5.73 Å². The molecule has 1 saturated heterocycles. The largest absolute Gasteiger partial charge is 0.460 e. The van der Waals surface area contributed by atoms with Gasteiger partial charge in [0.2, 0.25) is 5.91 Å². The van der Waals surface area contributed by atoms with E-state index in [0.29, 0.717) is 5.56 Å². The summed E-state index contributed by atoms with van der Waals surface area (Å²) in [5.41, 5.74) is 4.89. The molecule has 39 heavy (non-hydrogen) atoms. The zero-order chi connectivity index (χ0) is 29.4. The number of benzene rings is 1. The number of esters is 1. The normalized spacial score (nSPS) is 20.5. The first-order valence-corrected chi connectivity index (χ1v) is 13.2. The molecule has 0 unspecified atom stereocenters. The quantitative estimate of drug-likeness (QED) is 0.531. The van der Waals surface area contributed by atoms with Crippen molar-refractivity contribution in [3.63, 3.8) is 0 Å². The molecular weight excluding hydrogens is 512 g/mol. The van der Waals surface area contributed by atoms with Crippen molar-refractivity contribution in [3.8, 4) is 0 Å². The third-order valence-electron chi connectivity index (χ3n) is 6.73. The number of rotatable bonds is 6. The number of carbonyl (C=O) groups excluding carboxylic acids is 4. The SMILES string of the molecule is Cc1cc([C@H]2CCN(C(=O)OC(C)(C)C)C[C@H]2F)c(F)c2c1C(=O)N([C@@H](CCC(=O)OC(C)(C)C)C(N)=O)C2. The predicted octanol–water partition coefficient (Wildman–Crippen LogP) is 4.13. The maximum atomic E-state index is 15.9. The van der Waals surface area contributed by atoms with E-state index in [1.54, 1.807) is 48.5 Å². The lowest BCUT2D eigenvalue weighted by molar-refractivity contribution is -0.155. The van der Waals surface area contributed by atoms with Gasteiger partial charge in [0.1, 0.15) is 29.2 Å². The third kappa shape index (κ3) is 7.05. The van der Waals surface area contributed by atoms with Gasteiger partial charge in [-0.2, -0.15) is 0 Å². The Morgan fingerprint density at radius 2 is 1.74 bits per heavy atom. The molecule has 0 spiro atoms. The van der Waals surface area contributed by atoms with E-state index in [0.717, 1.165) is 4.90 Å². The van der Waals surface area contributed by atoms with E-state index in [2.05, 4.69) is 0 Å². The fourth-order valence-corrected chi connectivity index (χ4v) is 5.09. The van der Waals surface area contributed by atoms with E-state index >= 15 is 8.78 Å². The number of fused-ring (bicyclic) bond motifs is 1. The van der Waals surface area contributed by atoms with Crippen LogP contribution in [0.2, 0.25) is 0 Å². The van der Waals surface area contributed by atoms with Gasteiger partial charge in [-0.05, 0) is 72.4 Å². The number of hydrogen-bond acceptors (Lipinski definition) is 6. The van der Waals surface area contributed by atoms with Crippen LogP contribution in [-0.4, -0.2) is 70.2 Å². The Balaban J connectivity index is 1.80. The van der Waals surface area contributed by atoms with Gasteiger partial charge in [0.25, 0.3) is 5.91 Å². The molecule has 0 radical (unpaired) electrons. The monoisotopic (exact) mass is 551 g/mol. The van der Waals surface area contributed by atoms with Gasteiger partial charge in [0.05, 0.1) is 18.7 Å². The molecule has 3 amide bonds. The zero-order valence-electron chi connectivity index (χ0n) is 23.7. The topological polar surface area (TPSA) is 119 Å². The Labute approximate surface area is 228 Å². The molecular formula is C28H39F2N3O6. The maximum absolute atomic E-state index is 15.9. The number of nitrogens with two attached hydrogens (primary N) is 1. The summed E-state index contributed by atoms with van der Waals surface area (Å²) >= 11 is 0. The molecule has 2 N–H and O–H groups in total. The molecule has 0 aromatic heterocycles. The molecule has 2 aliphatic heterocycles. The summed E-state index contributed by atoms with van der Waals surface area (Å²) in [7, 11) is 0. The fourth-order valence-electron chi connectivity index (χ4n) is 5.09. The van der Waals surface area contributed by atoms with Gasteiger partial charge in [-0.3, -0.25) is 14.4 Å². The number of carbonyl (C=O) groups is 4. The number of likely N-dealkylation sites (tertiary alicyclic amines) is 1. The van der Waals surface area contributed by atoms with Crippen LogP contribution in [0.15, 0.2) is 6.07 Å². The highest BCUT2D eigenvalue weighted by Gasteiger charge is 2.42. The number of nitrogens with zero attached hydrogens (tertiary/aromatic N) is 2. The van der Waals surface area contributed by atoms with Crippen molar-refractivity contribution in [1.29, 1.82) is 0 Å². The Morgan fingerprint density at radius 1 is 1.13 bits per heavy atom. The molecule has 2 aliphatic rings. The Kier molecular flexibility index (Phi) is 8.62. The van der Waals surface area contributed by atoms with E-state index < -0.39 is 59.0 Å². The molecule has 0 saturated carbocycles. The van der Waals surface area contributed by atoms with Crippen LogP contribution >= 0.6 is 0 Å². The molecule has 1 aromatic carbocycles. The zero-order valence-corrected chi connectivity index (χ0v) is 23.7. The second-order valence-corrected chi connectivity index (χ2v) is 12.3.